The topological polar surface area (TPSA) is 129 Å². The third-order valence-electron chi connectivity index (χ3n) is 4.52. The highest BCUT2D eigenvalue weighted by Gasteiger charge is 2.15. The molecular weight excluding hydrogens is 400 g/mol. The summed E-state index contributed by atoms with van der Waals surface area (Å²) in [6, 6.07) is 10.4. The van der Waals surface area contributed by atoms with Gasteiger partial charge in [0, 0.05) is 25.0 Å². The van der Waals surface area contributed by atoms with E-state index in [0.29, 0.717) is 6.54 Å². The summed E-state index contributed by atoms with van der Waals surface area (Å²) in [7, 11) is 0. The Morgan fingerprint density at radius 1 is 1.10 bits per heavy atom. The van der Waals surface area contributed by atoms with Crippen LogP contribution in [-0.4, -0.2) is 51.5 Å². The van der Waals surface area contributed by atoms with E-state index in [1.807, 2.05) is 25.1 Å². The normalized spacial score (nSPS) is 12.8. The number of aliphatic carboxylic acids is 2. The van der Waals surface area contributed by atoms with E-state index in [0.717, 1.165) is 16.9 Å². The first kappa shape index (κ1) is 26.1. The second kappa shape index (κ2) is 12.0. The molecular formula is C23H32N2O6. The highest BCUT2D eigenvalue weighted by atomic mass is 16.5. The molecule has 4 N–H and O–H groups in total. The van der Waals surface area contributed by atoms with E-state index < -0.39 is 18.0 Å². The van der Waals surface area contributed by atoms with E-state index in [1.165, 1.54) is 5.56 Å². The molecule has 0 aliphatic rings. The molecule has 0 spiro atoms. The van der Waals surface area contributed by atoms with E-state index in [2.05, 4.69) is 50.1 Å². The van der Waals surface area contributed by atoms with Gasteiger partial charge in [0.2, 0.25) is 0 Å². The van der Waals surface area contributed by atoms with Crippen LogP contribution in [0.25, 0.3) is 0 Å². The number of aryl methyl sites for hydroxylation is 1. The first-order valence-corrected chi connectivity index (χ1v) is 9.93. The van der Waals surface area contributed by atoms with E-state index in [4.69, 9.17) is 24.5 Å². The SMILES string of the molecule is Cc1cc(C(C)(C)C)ccc1OCC(O)CNC(C)c1ccncc1.O=C(O)C(=O)O. The third kappa shape index (κ3) is 9.59. The summed E-state index contributed by atoms with van der Waals surface area (Å²) in [6.45, 7) is 11.4. The Morgan fingerprint density at radius 3 is 2.16 bits per heavy atom. The van der Waals surface area contributed by atoms with Gasteiger partial charge in [-0.05, 0) is 54.2 Å². The van der Waals surface area contributed by atoms with Gasteiger partial charge in [-0.1, -0.05) is 32.9 Å². The number of nitrogens with one attached hydrogen (secondary N) is 1. The Bertz CT molecular complexity index is 837. The second-order valence-corrected chi connectivity index (χ2v) is 8.22. The number of carbonyl (C=O) groups is 2. The molecule has 0 radical (unpaired) electrons. The molecule has 1 heterocycles. The summed E-state index contributed by atoms with van der Waals surface area (Å²) in [5.74, 6) is -2.82. The smallest absolute Gasteiger partial charge is 0.414 e. The number of hydrogen-bond donors (Lipinski definition) is 4. The average Bonchev–Trinajstić information content (AvgIpc) is 2.71. The number of carboxylic acids is 2. The van der Waals surface area contributed by atoms with Crippen molar-refractivity contribution in [3.63, 3.8) is 0 Å². The number of rotatable bonds is 7. The van der Waals surface area contributed by atoms with E-state index >= 15 is 0 Å². The Hall–Kier alpha value is -2.97. The second-order valence-electron chi connectivity index (χ2n) is 8.22. The minimum Gasteiger partial charge on any atom is -0.491 e. The summed E-state index contributed by atoms with van der Waals surface area (Å²) in [5.41, 5.74) is 3.65. The van der Waals surface area contributed by atoms with Crippen LogP contribution in [0.2, 0.25) is 0 Å². The molecule has 170 valence electrons. The van der Waals surface area contributed by atoms with E-state index in [-0.39, 0.29) is 18.1 Å². The minimum atomic E-state index is -1.82. The van der Waals surface area contributed by atoms with Crippen LogP contribution in [0.5, 0.6) is 5.75 Å². The van der Waals surface area contributed by atoms with Crippen molar-refractivity contribution < 1.29 is 29.6 Å². The van der Waals surface area contributed by atoms with Crippen LogP contribution in [0.3, 0.4) is 0 Å². The molecule has 2 unspecified atom stereocenters. The fourth-order valence-electron chi connectivity index (χ4n) is 2.61. The number of carboxylic acid groups (broad SMARTS) is 2. The predicted molar refractivity (Wildman–Crippen MR) is 117 cm³/mol. The van der Waals surface area contributed by atoms with Crippen LogP contribution in [0.1, 0.15) is 50.4 Å². The van der Waals surface area contributed by atoms with Crippen molar-refractivity contribution in [3.8, 4) is 5.75 Å². The van der Waals surface area contributed by atoms with Gasteiger partial charge >= 0.3 is 11.9 Å². The highest BCUT2D eigenvalue weighted by molar-refractivity contribution is 6.27. The van der Waals surface area contributed by atoms with Gasteiger partial charge in [-0.3, -0.25) is 4.98 Å². The number of aromatic nitrogens is 1. The van der Waals surface area contributed by atoms with Crippen LogP contribution in [-0.2, 0) is 15.0 Å². The van der Waals surface area contributed by atoms with Crippen molar-refractivity contribution in [3.05, 3.63) is 59.4 Å². The summed E-state index contributed by atoms with van der Waals surface area (Å²) in [6.07, 6.45) is 2.99. The van der Waals surface area contributed by atoms with Gasteiger partial charge in [0.1, 0.15) is 18.5 Å². The largest absolute Gasteiger partial charge is 0.491 e. The molecule has 1 aromatic heterocycles. The maximum Gasteiger partial charge on any atom is 0.414 e. The summed E-state index contributed by atoms with van der Waals surface area (Å²) in [5, 5.41) is 28.3. The predicted octanol–water partition coefficient (Wildman–Crippen LogP) is 2.93. The van der Waals surface area contributed by atoms with E-state index in [1.54, 1.807) is 12.4 Å². The standard InChI is InChI=1S/C21H30N2O2.C2H2O4/c1-15-12-18(21(3,4)5)6-7-20(15)25-14-19(24)13-23-16(2)17-8-10-22-11-9-17;3-1(4)2(5)6/h6-12,16,19,23-24H,13-14H2,1-5H3;(H,3,4)(H,5,6). The molecule has 2 aromatic rings. The number of hydrogen-bond acceptors (Lipinski definition) is 6. The van der Waals surface area contributed by atoms with Crippen molar-refractivity contribution in [2.45, 2.75) is 52.2 Å². The van der Waals surface area contributed by atoms with Gasteiger partial charge in [-0.25, -0.2) is 9.59 Å². The van der Waals surface area contributed by atoms with Crippen LogP contribution in [0.4, 0.5) is 0 Å². The average molecular weight is 433 g/mol. The number of pyridine rings is 1. The molecule has 0 fully saturated rings. The van der Waals surface area contributed by atoms with Crippen molar-refractivity contribution in [1.29, 1.82) is 0 Å². The number of aliphatic hydroxyl groups excluding tert-OH is 1. The third-order valence-corrected chi connectivity index (χ3v) is 4.52. The number of aliphatic hydroxyl groups is 1. The number of benzene rings is 1. The summed E-state index contributed by atoms with van der Waals surface area (Å²) >= 11 is 0. The molecule has 8 heteroatoms. The lowest BCUT2D eigenvalue weighted by molar-refractivity contribution is -0.159. The van der Waals surface area contributed by atoms with Crippen LogP contribution < -0.4 is 10.1 Å². The van der Waals surface area contributed by atoms with Gasteiger partial charge < -0.3 is 25.4 Å². The van der Waals surface area contributed by atoms with Crippen molar-refractivity contribution in [2.24, 2.45) is 0 Å². The Kier molecular flexibility index (Phi) is 10.1. The molecule has 0 aliphatic carbocycles. The zero-order valence-corrected chi connectivity index (χ0v) is 18.6. The summed E-state index contributed by atoms with van der Waals surface area (Å²) in [4.78, 5) is 22.2. The van der Waals surface area contributed by atoms with Gasteiger partial charge in [-0.15, -0.1) is 0 Å². The Morgan fingerprint density at radius 2 is 1.68 bits per heavy atom. The molecule has 0 saturated carbocycles. The maximum atomic E-state index is 10.2. The van der Waals surface area contributed by atoms with Crippen molar-refractivity contribution >= 4 is 11.9 Å². The quantitative estimate of drug-likeness (QED) is 0.492. The molecule has 2 atom stereocenters. The molecule has 0 amide bonds. The molecule has 0 saturated heterocycles. The monoisotopic (exact) mass is 432 g/mol. The molecule has 0 aliphatic heterocycles. The molecule has 0 bridgehead atoms. The fraction of sp³-hybridized carbons (Fsp3) is 0.435. The van der Waals surface area contributed by atoms with E-state index in [9.17, 15) is 5.11 Å². The minimum absolute atomic E-state index is 0.121. The zero-order chi connectivity index (χ0) is 23.6. The first-order chi connectivity index (χ1) is 14.4. The van der Waals surface area contributed by atoms with Crippen LogP contribution in [0, 0.1) is 6.92 Å². The Labute approximate surface area is 182 Å². The van der Waals surface area contributed by atoms with Crippen molar-refractivity contribution in [2.75, 3.05) is 13.2 Å². The van der Waals surface area contributed by atoms with Gasteiger partial charge in [0.05, 0.1) is 0 Å². The lowest BCUT2D eigenvalue weighted by Crippen LogP contribution is -2.33. The number of nitrogens with zero attached hydrogens (tertiary/aromatic N) is 1. The van der Waals surface area contributed by atoms with Crippen LogP contribution >= 0.6 is 0 Å². The fourth-order valence-corrected chi connectivity index (χ4v) is 2.61. The lowest BCUT2D eigenvalue weighted by Gasteiger charge is -2.21. The highest BCUT2D eigenvalue weighted by Crippen LogP contribution is 2.27. The zero-order valence-electron chi connectivity index (χ0n) is 18.6. The first-order valence-electron chi connectivity index (χ1n) is 9.93. The van der Waals surface area contributed by atoms with Gasteiger partial charge in [0.25, 0.3) is 0 Å². The molecule has 31 heavy (non-hydrogen) atoms. The molecule has 2 rings (SSSR count). The summed E-state index contributed by atoms with van der Waals surface area (Å²) < 4.78 is 5.80. The maximum absolute atomic E-state index is 10.2. The van der Waals surface area contributed by atoms with Gasteiger partial charge in [0.15, 0.2) is 0 Å². The molecule has 8 nitrogen and oxygen atoms in total. The van der Waals surface area contributed by atoms with Crippen molar-refractivity contribution in [1.82, 2.24) is 10.3 Å². The molecule has 1 aromatic carbocycles. The Balaban J connectivity index is 0.000000703. The van der Waals surface area contributed by atoms with Crippen LogP contribution in [0.15, 0.2) is 42.7 Å². The number of ether oxygens (including phenoxy) is 1. The lowest BCUT2D eigenvalue weighted by atomic mass is 9.86. The van der Waals surface area contributed by atoms with Gasteiger partial charge in [-0.2, -0.15) is 0 Å².